The van der Waals surface area contributed by atoms with E-state index in [1.54, 1.807) is 41.3 Å². The van der Waals surface area contributed by atoms with Crippen LogP contribution in [0.4, 0.5) is 5.69 Å². The number of aromatic nitrogens is 1. The van der Waals surface area contributed by atoms with Gasteiger partial charge in [-0.25, -0.2) is 9.98 Å². The molecular formula is C29H26N2OS2. The first kappa shape index (κ1) is 23.9. The first-order valence-electron chi connectivity index (χ1n) is 10.6. The second-order valence-electron chi connectivity index (χ2n) is 8.15. The summed E-state index contributed by atoms with van der Waals surface area (Å²) in [5, 5.41) is 2.21. The van der Waals surface area contributed by atoms with Crippen molar-refractivity contribution in [1.82, 2.24) is 4.98 Å². The molecule has 0 radical (unpaired) electrons. The number of hydrogen-bond acceptors (Lipinski definition) is 5. The molecule has 2 aliphatic heterocycles. The van der Waals surface area contributed by atoms with Crippen LogP contribution in [0.25, 0.3) is 27.4 Å². The maximum Gasteiger partial charge on any atom is 0.180 e. The van der Waals surface area contributed by atoms with E-state index in [-0.39, 0.29) is 12.9 Å². The number of aryl methyl sites for hydroxylation is 2. The molecule has 0 saturated carbocycles. The normalized spacial score (nSPS) is 11.5. The summed E-state index contributed by atoms with van der Waals surface area (Å²) >= 11 is 3.42. The minimum atomic E-state index is 0. The summed E-state index contributed by atoms with van der Waals surface area (Å²) in [6.07, 6.45) is 0. The van der Waals surface area contributed by atoms with Gasteiger partial charge in [0.15, 0.2) is 5.43 Å². The molecule has 170 valence electrons. The molecule has 0 unspecified atom stereocenters. The summed E-state index contributed by atoms with van der Waals surface area (Å²) in [6, 6.07) is 21.6. The molecule has 3 aromatic rings. The van der Waals surface area contributed by atoms with Crippen LogP contribution < -0.4 is 16.0 Å². The van der Waals surface area contributed by atoms with E-state index in [0.717, 1.165) is 37.1 Å². The minimum Gasteiger partial charge on any atom is -0.290 e. The average molecular weight is 483 g/mol. The molecule has 5 heteroatoms. The zero-order valence-corrected chi connectivity index (χ0v) is 20.3. The number of nitrogens with zero attached hydrogens (tertiary/aromatic N) is 2. The van der Waals surface area contributed by atoms with Crippen LogP contribution in [0.2, 0.25) is 0 Å². The Kier molecular flexibility index (Phi) is 6.69. The van der Waals surface area contributed by atoms with Crippen LogP contribution in [0.15, 0.2) is 86.3 Å². The van der Waals surface area contributed by atoms with Crippen LogP contribution in [0.1, 0.15) is 24.1 Å². The van der Waals surface area contributed by atoms with Crippen molar-refractivity contribution in [3.05, 3.63) is 104 Å². The Labute approximate surface area is 207 Å². The van der Waals surface area contributed by atoms with Gasteiger partial charge in [0, 0.05) is 15.9 Å². The zero-order chi connectivity index (χ0) is 23.1. The number of fused-ring (bicyclic) bond motifs is 4. The third kappa shape index (κ3) is 4.54. The maximum atomic E-state index is 11.3. The van der Waals surface area contributed by atoms with Crippen molar-refractivity contribution in [2.24, 2.45) is 4.99 Å². The van der Waals surface area contributed by atoms with Gasteiger partial charge in [-0.1, -0.05) is 50.0 Å². The summed E-state index contributed by atoms with van der Waals surface area (Å²) in [6.45, 7) is 10.4. The second kappa shape index (κ2) is 9.53. The maximum absolute atomic E-state index is 11.3. The Hall–Kier alpha value is -3.28. The standard InChI is InChI=1S/C15H13NS.C13H9NOS.CH4/c1-9-8-10(2)14-15(11(9)3)17-13-7-5-4-6-12(13)16-14;1-8-2-4-10-12(6-8)16-13-7-9(15)3-5-11(13)14-10;/h4-8H,1H2,2-3H3;2-7H,1H3;1H4. The van der Waals surface area contributed by atoms with Gasteiger partial charge in [-0.3, -0.25) is 4.79 Å². The average Bonchev–Trinajstić information content (AvgIpc) is 2.81. The fraction of sp³-hybridized carbons (Fsp3) is 0.138. The second-order valence-corrected chi connectivity index (χ2v) is 10.3. The lowest BCUT2D eigenvalue weighted by Gasteiger charge is -2.15. The SMILES string of the molecule is C.C=c1cc(C)c2c(c1C)Sc1ccccc1N=2.Cc1ccc2nc3ccc(=O)cc-3sc2c1. The summed E-state index contributed by atoms with van der Waals surface area (Å²) in [7, 11) is 0. The lowest BCUT2D eigenvalue weighted by atomic mass is 10.1. The first-order valence-corrected chi connectivity index (χ1v) is 12.3. The summed E-state index contributed by atoms with van der Waals surface area (Å²) in [5.74, 6) is 0. The molecule has 0 amide bonds. The molecule has 0 aromatic heterocycles. The van der Waals surface area contributed by atoms with Crippen molar-refractivity contribution >= 4 is 45.6 Å². The predicted octanol–water partition coefficient (Wildman–Crippen LogP) is 6.84. The van der Waals surface area contributed by atoms with Crippen molar-refractivity contribution in [3.63, 3.8) is 0 Å². The van der Waals surface area contributed by atoms with E-state index in [0.29, 0.717) is 0 Å². The van der Waals surface area contributed by atoms with Crippen LogP contribution >= 0.6 is 23.1 Å². The minimum absolute atomic E-state index is 0. The number of benzene rings is 4. The smallest absolute Gasteiger partial charge is 0.180 e. The summed E-state index contributed by atoms with van der Waals surface area (Å²) in [4.78, 5) is 24.0. The van der Waals surface area contributed by atoms with Gasteiger partial charge in [-0.15, -0.1) is 11.3 Å². The van der Waals surface area contributed by atoms with E-state index in [9.17, 15) is 4.79 Å². The molecule has 0 N–H and O–H groups in total. The predicted molar refractivity (Wildman–Crippen MR) is 146 cm³/mol. The molecule has 2 heterocycles. The molecule has 0 atom stereocenters. The van der Waals surface area contributed by atoms with Crippen LogP contribution in [0.3, 0.4) is 0 Å². The molecular weight excluding hydrogens is 456 g/mol. The van der Waals surface area contributed by atoms with Crippen LogP contribution in [-0.2, 0) is 0 Å². The molecule has 0 bridgehead atoms. The fourth-order valence-corrected chi connectivity index (χ4v) is 6.05. The monoisotopic (exact) mass is 482 g/mol. The molecule has 34 heavy (non-hydrogen) atoms. The van der Waals surface area contributed by atoms with Crippen molar-refractivity contribution in [3.8, 4) is 10.6 Å². The molecule has 3 aromatic carbocycles. The van der Waals surface area contributed by atoms with Crippen LogP contribution in [-0.4, -0.2) is 4.98 Å². The quantitative estimate of drug-likeness (QED) is 0.223. The van der Waals surface area contributed by atoms with E-state index < -0.39 is 0 Å². The van der Waals surface area contributed by atoms with Crippen molar-refractivity contribution < 1.29 is 0 Å². The number of rotatable bonds is 0. The van der Waals surface area contributed by atoms with Gasteiger partial charge in [0.1, 0.15) is 0 Å². The highest BCUT2D eigenvalue weighted by atomic mass is 32.2. The van der Waals surface area contributed by atoms with Crippen molar-refractivity contribution in [2.75, 3.05) is 0 Å². The van der Waals surface area contributed by atoms with Crippen molar-refractivity contribution in [2.45, 2.75) is 38.0 Å². The van der Waals surface area contributed by atoms with E-state index >= 15 is 0 Å². The first-order chi connectivity index (χ1) is 15.9. The largest absolute Gasteiger partial charge is 0.290 e. The van der Waals surface area contributed by atoms with E-state index in [1.165, 1.54) is 26.5 Å². The molecule has 6 rings (SSSR count). The van der Waals surface area contributed by atoms with Gasteiger partial charge in [-0.2, -0.15) is 0 Å². The lowest BCUT2D eigenvalue weighted by Crippen LogP contribution is -2.20. The van der Waals surface area contributed by atoms with Crippen LogP contribution in [0.5, 0.6) is 0 Å². The third-order valence-corrected chi connectivity index (χ3v) is 7.98. The number of hydrogen-bond donors (Lipinski definition) is 0. The van der Waals surface area contributed by atoms with Gasteiger partial charge in [0.25, 0.3) is 0 Å². The lowest BCUT2D eigenvalue weighted by molar-refractivity contribution is 1.08. The fourth-order valence-electron chi connectivity index (χ4n) is 3.78. The van der Waals surface area contributed by atoms with Gasteiger partial charge in [-0.05, 0) is 79.1 Å². The molecule has 0 fully saturated rings. The van der Waals surface area contributed by atoms with E-state index in [1.807, 2.05) is 12.1 Å². The molecule has 3 nitrogen and oxygen atoms in total. The molecule has 1 aliphatic carbocycles. The van der Waals surface area contributed by atoms with Crippen molar-refractivity contribution in [1.29, 1.82) is 0 Å². The zero-order valence-electron chi connectivity index (χ0n) is 18.7. The van der Waals surface area contributed by atoms with Gasteiger partial charge in [0.05, 0.1) is 31.8 Å². The molecule has 0 saturated heterocycles. The molecule has 0 spiro atoms. The van der Waals surface area contributed by atoms with Gasteiger partial charge >= 0.3 is 0 Å². The Morgan fingerprint density at radius 3 is 2.53 bits per heavy atom. The highest BCUT2D eigenvalue weighted by Gasteiger charge is 2.14. The Balaban J connectivity index is 0.000000157. The van der Waals surface area contributed by atoms with E-state index in [2.05, 4.69) is 68.7 Å². The van der Waals surface area contributed by atoms with Gasteiger partial charge < -0.3 is 0 Å². The third-order valence-electron chi connectivity index (χ3n) is 5.62. The highest BCUT2D eigenvalue weighted by molar-refractivity contribution is 7.99. The molecule has 3 aliphatic rings. The summed E-state index contributed by atoms with van der Waals surface area (Å²) < 4.78 is 1.12. The summed E-state index contributed by atoms with van der Waals surface area (Å²) in [5.41, 5.74) is 6.65. The number of para-hydroxylation sites is 1. The Morgan fingerprint density at radius 1 is 0.912 bits per heavy atom. The highest BCUT2D eigenvalue weighted by Crippen LogP contribution is 2.37. The topological polar surface area (TPSA) is 42.3 Å². The van der Waals surface area contributed by atoms with Gasteiger partial charge in [0.2, 0.25) is 0 Å². The van der Waals surface area contributed by atoms with Crippen LogP contribution in [0, 0.1) is 20.8 Å². The Morgan fingerprint density at radius 2 is 1.71 bits per heavy atom. The Bertz CT molecular complexity index is 1670. The van der Waals surface area contributed by atoms with E-state index in [4.69, 9.17) is 4.99 Å².